The maximum absolute atomic E-state index is 5.63. The summed E-state index contributed by atoms with van der Waals surface area (Å²) in [5.41, 5.74) is 0. The predicted octanol–water partition coefficient (Wildman–Crippen LogP) is 2.12. The summed E-state index contributed by atoms with van der Waals surface area (Å²) >= 11 is 0. The van der Waals surface area contributed by atoms with Crippen LogP contribution in [-0.2, 0) is 0 Å². The molecule has 4 nitrogen and oxygen atoms in total. The zero-order chi connectivity index (χ0) is 12.5. The smallest absolute Gasteiger partial charge is 0.211 e. The van der Waals surface area contributed by atoms with Gasteiger partial charge in [-0.05, 0) is 52.1 Å². The zero-order valence-corrected chi connectivity index (χ0v) is 11.4. The molecule has 0 spiro atoms. The van der Waals surface area contributed by atoms with Gasteiger partial charge >= 0.3 is 0 Å². The van der Waals surface area contributed by atoms with Crippen LogP contribution < -0.4 is 5.32 Å². The van der Waals surface area contributed by atoms with E-state index < -0.39 is 0 Å². The molecule has 18 heavy (non-hydrogen) atoms. The Hall–Kier alpha value is -0.870. The Labute approximate surface area is 109 Å². The quantitative estimate of drug-likeness (QED) is 0.868. The van der Waals surface area contributed by atoms with E-state index in [9.17, 15) is 0 Å². The van der Waals surface area contributed by atoms with Gasteiger partial charge in [0.05, 0.1) is 12.2 Å². The summed E-state index contributed by atoms with van der Waals surface area (Å²) in [5, 5.41) is 3.64. The van der Waals surface area contributed by atoms with Gasteiger partial charge in [0.25, 0.3) is 0 Å². The maximum Gasteiger partial charge on any atom is 0.211 e. The fraction of sp³-hybridized carbons (Fsp3) is 0.786. The van der Waals surface area contributed by atoms with Gasteiger partial charge in [0.2, 0.25) is 5.89 Å². The second-order valence-corrected chi connectivity index (χ2v) is 5.82. The Morgan fingerprint density at radius 3 is 3.00 bits per heavy atom. The molecule has 2 fully saturated rings. The number of likely N-dealkylation sites (tertiary alicyclic amines) is 1. The number of aromatic nitrogens is 1. The van der Waals surface area contributed by atoms with Crippen LogP contribution >= 0.6 is 0 Å². The topological polar surface area (TPSA) is 41.3 Å². The van der Waals surface area contributed by atoms with E-state index in [0.717, 1.165) is 23.6 Å². The van der Waals surface area contributed by atoms with Crippen LogP contribution in [0.25, 0.3) is 0 Å². The Kier molecular flexibility index (Phi) is 3.39. The number of nitrogens with zero attached hydrogens (tertiary/aromatic N) is 2. The van der Waals surface area contributed by atoms with E-state index in [-0.39, 0.29) is 0 Å². The molecule has 1 aliphatic heterocycles. The molecule has 2 heterocycles. The third-order valence-electron chi connectivity index (χ3n) is 4.13. The van der Waals surface area contributed by atoms with Gasteiger partial charge in [0.15, 0.2) is 0 Å². The molecular weight excluding hydrogens is 226 g/mol. The zero-order valence-electron chi connectivity index (χ0n) is 11.4. The van der Waals surface area contributed by atoms with Gasteiger partial charge in [-0.2, -0.15) is 0 Å². The number of hydrogen-bond acceptors (Lipinski definition) is 4. The van der Waals surface area contributed by atoms with Crippen molar-refractivity contribution in [3.63, 3.8) is 0 Å². The lowest BCUT2D eigenvalue weighted by molar-refractivity contribution is 0.214. The number of nitrogens with one attached hydrogen (secondary N) is 1. The minimum Gasteiger partial charge on any atom is -0.444 e. The van der Waals surface area contributed by atoms with E-state index in [1.165, 1.54) is 38.9 Å². The van der Waals surface area contributed by atoms with Crippen LogP contribution in [0.3, 0.4) is 0 Å². The summed E-state index contributed by atoms with van der Waals surface area (Å²) in [5.74, 6) is 2.57. The molecule has 1 aliphatic carbocycles. The first-order valence-corrected chi connectivity index (χ1v) is 7.12. The fourth-order valence-corrected chi connectivity index (χ4v) is 2.72. The summed E-state index contributed by atoms with van der Waals surface area (Å²) in [6.45, 7) is 7.66. The first kappa shape index (κ1) is 12.2. The number of rotatable bonds is 5. The third kappa shape index (κ3) is 2.75. The molecule has 0 radical (unpaired) electrons. The van der Waals surface area contributed by atoms with Crippen LogP contribution in [0.5, 0.6) is 0 Å². The van der Waals surface area contributed by atoms with Crippen molar-refractivity contribution in [3.05, 3.63) is 17.8 Å². The SMILES string of the molecule is Cc1cnc(C(C)N2CCC(CNC3CC3)C2)o1. The number of hydrogen-bond donors (Lipinski definition) is 1. The van der Waals surface area contributed by atoms with E-state index >= 15 is 0 Å². The van der Waals surface area contributed by atoms with Crippen molar-refractivity contribution < 1.29 is 4.42 Å². The monoisotopic (exact) mass is 249 g/mol. The van der Waals surface area contributed by atoms with E-state index in [1.807, 2.05) is 13.1 Å². The molecule has 1 saturated carbocycles. The second kappa shape index (κ2) is 5.02. The van der Waals surface area contributed by atoms with Gasteiger partial charge in [-0.15, -0.1) is 0 Å². The van der Waals surface area contributed by atoms with Gasteiger partial charge in [0, 0.05) is 12.6 Å². The standard InChI is InChI=1S/C14H23N3O/c1-10-7-16-14(18-10)11(2)17-6-5-12(9-17)8-15-13-3-4-13/h7,11-13,15H,3-6,8-9H2,1-2H3. The van der Waals surface area contributed by atoms with Crippen LogP contribution in [-0.4, -0.2) is 35.6 Å². The van der Waals surface area contributed by atoms with Crippen molar-refractivity contribution in [2.24, 2.45) is 5.92 Å². The molecule has 1 aromatic rings. The Balaban J connectivity index is 1.51. The molecule has 0 amide bonds. The lowest BCUT2D eigenvalue weighted by Crippen LogP contribution is -2.29. The third-order valence-corrected chi connectivity index (χ3v) is 4.13. The first-order chi connectivity index (χ1) is 8.72. The van der Waals surface area contributed by atoms with Crippen molar-refractivity contribution in [3.8, 4) is 0 Å². The number of aryl methyl sites for hydroxylation is 1. The highest BCUT2D eigenvalue weighted by Crippen LogP contribution is 2.27. The van der Waals surface area contributed by atoms with Gasteiger partial charge in [-0.1, -0.05) is 0 Å². The molecule has 1 N–H and O–H groups in total. The fourth-order valence-electron chi connectivity index (χ4n) is 2.72. The first-order valence-electron chi connectivity index (χ1n) is 7.12. The van der Waals surface area contributed by atoms with Crippen LogP contribution in [0, 0.1) is 12.8 Å². The lowest BCUT2D eigenvalue weighted by atomic mass is 10.1. The molecule has 100 valence electrons. The van der Waals surface area contributed by atoms with Crippen molar-refractivity contribution >= 4 is 0 Å². The normalized spacial score (nSPS) is 26.7. The van der Waals surface area contributed by atoms with Crippen molar-refractivity contribution in [2.45, 2.75) is 45.2 Å². The van der Waals surface area contributed by atoms with Gasteiger partial charge in [-0.3, -0.25) is 4.90 Å². The Morgan fingerprint density at radius 2 is 2.33 bits per heavy atom. The molecule has 4 heteroatoms. The average molecular weight is 249 g/mol. The highest BCUT2D eigenvalue weighted by atomic mass is 16.4. The maximum atomic E-state index is 5.63. The second-order valence-electron chi connectivity index (χ2n) is 5.82. The summed E-state index contributed by atoms with van der Waals surface area (Å²) in [6, 6.07) is 1.13. The van der Waals surface area contributed by atoms with Crippen molar-refractivity contribution in [1.29, 1.82) is 0 Å². The summed E-state index contributed by atoms with van der Waals surface area (Å²) < 4.78 is 5.63. The highest BCUT2D eigenvalue weighted by Gasteiger charge is 2.30. The minimum absolute atomic E-state index is 0.310. The van der Waals surface area contributed by atoms with Crippen molar-refractivity contribution in [1.82, 2.24) is 15.2 Å². The van der Waals surface area contributed by atoms with E-state index in [1.54, 1.807) is 0 Å². The number of oxazole rings is 1. The molecule has 1 saturated heterocycles. The molecule has 2 aliphatic rings. The molecule has 0 aromatic carbocycles. The van der Waals surface area contributed by atoms with E-state index in [4.69, 9.17) is 4.42 Å². The van der Waals surface area contributed by atoms with Crippen LogP contribution in [0.15, 0.2) is 10.6 Å². The molecule has 3 rings (SSSR count). The largest absolute Gasteiger partial charge is 0.444 e. The minimum atomic E-state index is 0.310. The summed E-state index contributed by atoms with van der Waals surface area (Å²) in [6.07, 6.45) is 5.86. The molecule has 2 atom stereocenters. The van der Waals surface area contributed by atoms with E-state index in [0.29, 0.717) is 6.04 Å². The molecule has 1 aromatic heterocycles. The van der Waals surface area contributed by atoms with Gasteiger partial charge in [0.1, 0.15) is 5.76 Å². The predicted molar refractivity (Wildman–Crippen MR) is 70.4 cm³/mol. The Morgan fingerprint density at radius 1 is 1.50 bits per heavy atom. The molecular formula is C14H23N3O. The average Bonchev–Trinajstić information content (AvgIpc) is 2.90. The van der Waals surface area contributed by atoms with Gasteiger partial charge in [-0.25, -0.2) is 4.98 Å². The Bertz CT molecular complexity index is 399. The summed E-state index contributed by atoms with van der Waals surface area (Å²) in [4.78, 5) is 6.84. The molecule has 2 unspecified atom stereocenters. The summed E-state index contributed by atoms with van der Waals surface area (Å²) in [7, 11) is 0. The van der Waals surface area contributed by atoms with Gasteiger partial charge < -0.3 is 9.73 Å². The molecule has 0 bridgehead atoms. The van der Waals surface area contributed by atoms with Crippen LogP contribution in [0.4, 0.5) is 0 Å². The highest BCUT2D eigenvalue weighted by molar-refractivity contribution is 4.97. The van der Waals surface area contributed by atoms with Crippen molar-refractivity contribution in [2.75, 3.05) is 19.6 Å². The lowest BCUT2D eigenvalue weighted by Gasteiger charge is -2.21. The van der Waals surface area contributed by atoms with Crippen LogP contribution in [0.1, 0.15) is 43.9 Å². The van der Waals surface area contributed by atoms with Crippen LogP contribution in [0.2, 0.25) is 0 Å². The van der Waals surface area contributed by atoms with E-state index in [2.05, 4.69) is 22.1 Å².